The van der Waals surface area contributed by atoms with Crippen molar-refractivity contribution in [2.75, 3.05) is 31.2 Å². The summed E-state index contributed by atoms with van der Waals surface area (Å²) in [5, 5.41) is 4.69. The molecule has 0 amide bonds. The second-order valence-electron chi connectivity index (χ2n) is 10.7. The van der Waals surface area contributed by atoms with Gasteiger partial charge in [-0.15, -0.1) is 0 Å². The minimum atomic E-state index is -0.663. The van der Waals surface area contributed by atoms with E-state index < -0.39 is 11.6 Å². The van der Waals surface area contributed by atoms with Crippen LogP contribution in [0.15, 0.2) is 60.9 Å². The van der Waals surface area contributed by atoms with Gasteiger partial charge in [-0.3, -0.25) is 4.98 Å². The Morgan fingerprint density at radius 3 is 2.39 bits per heavy atom. The first-order valence-electron chi connectivity index (χ1n) is 13.7. The van der Waals surface area contributed by atoms with Crippen LogP contribution in [-0.4, -0.2) is 72.2 Å². The Labute approximate surface area is 237 Å². The topological polar surface area (TPSA) is 113 Å². The van der Waals surface area contributed by atoms with Crippen LogP contribution in [0.2, 0.25) is 0 Å². The van der Waals surface area contributed by atoms with Gasteiger partial charge in [0.1, 0.15) is 11.4 Å². The summed E-state index contributed by atoms with van der Waals surface area (Å²) in [6, 6.07) is 15.3. The van der Waals surface area contributed by atoms with Crippen LogP contribution < -0.4 is 4.90 Å². The van der Waals surface area contributed by atoms with E-state index in [4.69, 9.17) is 29.5 Å². The summed E-state index contributed by atoms with van der Waals surface area (Å²) in [4.78, 5) is 34.5. The number of morpholine rings is 1. The number of aromatic nitrogens is 7. The maximum absolute atomic E-state index is 13.1. The number of carbonyl (C=O) groups is 1. The largest absolute Gasteiger partial charge is 0.455 e. The van der Waals surface area contributed by atoms with E-state index in [0.29, 0.717) is 61.5 Å². The van der Waals surface area contributed by atoms with E-state index in [1.807, 2.05) is 63.2 Å². The van der Waals surface area contributed by atoms with Gasteiger partial charge in [-0.25, -0.2) is 9.78 Å². The molecule has 11 nitrogen and oxygen atoms in total. The molecule has 1 aliphatic heterocycles. The number of ether oxygens (including phenoxy) is 2. The van der Waals surface area contributed by atoms with Gasteiger partial charge in [0.05, 0.1) is 18.9 Å². The van der Waals surface area contributed by atoms with Gasteiger partial charge in [0.25, 0.3) is 5.95 Å². The number of benzene rings is 1. The average Bonchev–Trinajstić information content (AvgIpc) is 3.60. The van der Waals surface area contributed by atoms with Crippen LogP contribution in [0.3, 0.4) is 0 Å². The third kappa shape index (κ3) is 5.28. The fraction of sp³-hybridized carbons (Fsp3) is 0.333. The van der Waals surface area contributed by atoms with Crippen LogP contribution in [0.1, 0.15) is 38.2 Å². The van der Waals surface area contributed by atoms with E-state index in [9.17, 15) is 4.79 Å². The Bertz CT molecular complexity index is 1680. The maximum Gasteiger partial charge on any atom is 0.359 e. The molecule has 11 heteroatoms. The third-order valence-corrected chi connectivity index (χ3v) is 6.71. The molecular weight excluding hydrogens is 520 g/mol. The molecule has 0 unspecified atom stereocenters. The van der Waals surface area contributed by atoms with Crippen molar-refractivity contribution in [1.29, 1.82) is 0 Å². The highest BCUT2D eigenvalue weighted by Gasteiger charge is 2.27. The van der Waals surface area contributed by atoms with Crippen molar-refractivity contribution in [3.05, 3.63) is 66.6 Å². The Morgan fingerprint density at radius 1 is 0.976 bits per heavy atom. The molecule has 1 aromatic carbocycles. The molecule has 0 saturated carbocycles. The van der Waals surface area contributed by atoms with Crippen molar-refractivity contribution in [2.24, 2.45) is 0 Å². The normalized spacial score (nSPS) is 14.0. The molecule has 5 heterocycles. The lowest BCUT2D eigenvalue weighted by molar-refractivity contribution is 0.00623. The molecule has 5 aromatic rings. The third-order valence-electron chi connectivity index (χ3n) is 6.71. The molecule has 0 bridgehead atoms. The van der Waals surface area contributed by atoms with Crippen LogP contribution >= 0.6 is 0 Å². The summed E-state index contributed by atoms with van der Waals surface area (Å²) in [5.74, 6) is 1.30. The van der Waals surface area contributed by atoms with Gasteiger partial charge in [0.2, 0.25) is 0 Å². The lowest BCUT2D eigenvalue weighted by Crippen LogP contribution is -2.37. The molecule has 1 aliphatic rings. The summed E-state index contributed by atoms with van der Waals surface area (Å²) in [6.07, 6.45) is 3.51. The summed E-state index contributed by atoms with van der Waals surface area (Å²) < 4.78 is 15.0. The zero-order chi connectivity index (χ0) is 28.6. The van der Waals surface area contributed by atoms with Crippen molar-refractivity contribution in [2.45, 2.75) is 39.8 Å². The molecule has 1 saturated heterocycles. The summed E-state index contributed by atoms with van der Waals surface area (Å²) in [7, 11) is 0. The second kappa shape index (κ2) is 10.7. The minimum absolute atomic E-state index is 0.178. The van der Waals surface area contributed by atoms with Crippen molar-refractivity contribution >= 4 is 23.0 Å². The van der Waals surface area contributed by atoms with Crippen LogP contribution in [0.5, 0.6) is 0 Å². The van der Waals surface area contributed by atoms with Crippen LogP contribution in [0.4, 0.5) is 5.82 Å². The standard InChI is InChI=1S/C30H32N8O3/c1-5-37-25(21-11-13-31-14-12-21)32-24-26(36-15-17-40-18-16-36)33-29(34-27(24)37)38-23(20-9-7-6-8-10-20)19-22(35-38)28(39)41-30(2,3)4/h6-14,19H,5,15-18H2,1-4H3. The highest BCUT2D eigenvalue weighted by molar-refractivity contribution is 5.90. The molecule has 0 spiro atoms. The van der Waals surface area contributed by atoms with Gasteiger partial charge < -0.3 is 18.9 Å². The Kier molecular flexibility index (Phi) is 6.96. The average molecular weight is 553 g/mol. The van der Waals surface area contributed by atoms with E-state index in [1.54, 1.807) is 23.1 Å². The van der Waals surface area contributed by atoms with Gasteiger partial charge in [0.15, 0.2) is 22.7 Å². The quantitative estimate of drug-likeness (QED) is 0.280. The molecule has 0 N–H and O–H groups in total. The molecule has 0 radical (unpaired) electrons. The summed E-state index contributed by atoms with van der Waals surface area (Å²) in [5.41, 5.74) is 3.37. The number of hydrogen-bond donors (Lipinski definition) is 0. The molecular formula is C30H32N8O3. The lowest BCUT2D eigenvalue weighted by Gasteiger charge is -2.28. The summed E-state index contributed by atoms with van der Waals surface area (Å²) in [6.45, 7) is 10.7. The van der Waals surface area contributed by atoms with Crippen LogP contribution in [-0.2, 0) is 16.0 Å². The molecule has 210 valence electrons. The molecule has 6 rings (SSSR count). The second-order valence-corrected chi connectivity index (χ2v) is 10.7. The Balaban J connectivity index is 1.59. The SMILES string of the molecule is CCn1c(-c2ccncc2)nc2c(N3CCOCC3)nc(-n3nc(C(=O)OC(C)(C)C)cc3-c3ccccc3)nc21. The fourth-order valence-electron chi connectivity index (χ4n) is 4.86. The van der Waals surface area contributed by atoms with Gasteiger partial charge in [0, 0.05) is 43.2 Å². The number of fused-ring (bicyclic) bond motifs is 1. The number of rotatable bonds is 6. The van der Waals surface area contributed by atoms with Gasteiger partial charge in [-0.05, 0) is 45.9 Å². The van der Waals surface area contributed by atoms with E-state index in [-0.39, 0.29) is 5.69 Å². The number of anilines is 1. The zero-order valence-electron chi connectivity index (χ0n) is 23.6. The minimum Gasteiger partial charge on any atom is -0.455 e. The Hall–Kier alpha value is -4.64. The van der Waals surface area contributed by atoms with E-state index >= 15 is 0 Å². The Morgan fingerprint density at radius 2 is 1.71 bits per heavy atom. The molecule has 0 atom stereocenters. The smallest absolute Gasteiger partial charge is 0.359 e. The van der Waals surface area contributed by atoms with Gasteiger partial charge in [-0.2, -0.15) is 19.7 Å². The van der Waals surface area contributed by atoms with E-state index in [0.717, 1.165) is 17.0 Å². The molecule has 1 fully saturated rings. The van der Waals surface area contributed by atoms with Crippen LogP contribution in [0, 0.1) is 0 Å². The van der Waals surface area contributed by atoms with Crippen molar-refractivity contribution in [3.63, 3.8) is 0 Å². The highest BCUT2D eigenvalue weighted by atomic mass is 16.6. The lowest BCUT2D eigenvalue weighted by atomic mass is 10.1. The predicted octanol–water partition coefficient (Wildman–Crippen LogP) is 4.55. The monoisotopic (exact) mass is 552 g/mol. The van der Waals surface area contributed by atoms with E-state index in [2.05, 4.69) is 21.4 Å². The number of pyridine rings is 1. The maximum atomic E-state index is 13.1. The molecule has 41 heavy (non-hydrogen) atoms. The van der Waals surface area contributed by atoms with Crippen molar-refractivity contribution in [3.8, 4) is 28.6 Å². The predicted molar refractivity (Wildman–Crippen MR) is 155 cm³/mol. The molecule has 4 aromatic heterocycles. The number of nitrogens with zero attached hydrogens (tertiary/aromatic N) is 8. The number of aryl methyl sites for hydroxylation is 1. The van der Waals surface area contributed by atoms with Crippen LogP contribution in [0.25, 0.3) is 39.8 Å². The van der Waals surface area contributed by atoms with E-state index in [1.165, 1.54) is 0 Å². The molecule has 0 aliphatic carbocycles. The zero-order valence-corrected chi connectivity index (χ0v) is 23.6. The first kappa shape index (κ1) is 26.6. The number of carbonyl (C=O) groups excluding carboxylic acids is 1. The van der Waals surface area contributed by atoms with Crippen molar-refractivity contribution < 1.29 is 14.3 Å². The van der Waals surface area contributed by atoms with Crippen molar-refractivity contribution in [1.82, 2.24) is 34.3 Å². The first-order valence-corrected chi connectivity index (χ1v) is 13.7. The first-order chi connectivity index (χ1) is 19.8. The number of imidazole rings is 1. The summed E-state index contributed by atoms with van der Waals surface area (Å²) >= 11 is 0. The number of esters is 1. The fourth-order valence-corrected chi connectivity index (χ4v) is 4.86. The van der Waals surface area contributed by atoms with Gasteiger partial charge in [-0.1, -0.05) is 30.3 Å². The number of hydrogen-bond acceptors (Lipinski definition) is 9. The van der Waals surface area contributed by atoms with Gasteiger partial charge >= 0.3 is 5.97 Å². The highest BCUT2D eigenvalue weighted by Crippen LogP contribution is 2.32.